The van der Waals surface area contributed by atoms with E-state index in [0.717, 1.165) is 22.5 Å². The lowest BCUT2D eigenvalue weighted by Crippen LogP contribution is -2.20. The van der Waals surface area contributed by atoms with Gasteiger partial charge in [-0.15, -0.1) is 10.2 Å². The number of benzene rings is 2. The first-order chi connectivity index (χ1) is 14.6. The second-order valence-corrected chi connectivity index (χ2v) is 7.82. The van der Waals surface area contributed by atoms with Crippen molar-refractivity contribution >= 4 is 41.6 Å². The van der Waals surface area contributed by atoms with Crippen LogP contribution in [0, 0.1) is 0 Å². The van der Waals surface area contributed by atoms with E-state index in [-0.39, 0.29) is 11.7 Å². The molecule has 3 rings (SSSR count). The summed E-state index contributed by atoms with van der Waals surface area (Å²) >= 11 is 7.28. The number of hydrogen-bond acceptors (Lipinski definition) is 5. The highest BCUT2D eigenvalue weighted by atomic mass is 35.5. The van der Waals surface area contributed by atoms with Gasteiger partial charge in [0.05, 0.1) is 12.0 Å². The number of carbonyl (C=O) groups is 1. The van der Waals surface area contributed by atoms with Crippen LogP contribution in [0.1, 0.15) is 19.4 Å². The number of thioether (sulfide) groups is 1. The summed E-state index contributed by atoms with van der Waals surface area (Å²) < 4.78 is 1.97. The largest absolute Gasteiger partial charge is 0.302 e. The minimum absolute atomic E-state index is 0.192. The average molecular weight is 440 g/mol. The van der Waals surface area contributed by atoms with E-state index >= 15 is 0 Å². The Bertz CT molecular complexity index is 1050. The molecule has 0 aliphatic carbocycles. The summed E-state index contributed by atoms with van der Waals surface area (Å²) in [6, 6.07) is 17.4. The summed E-state index contributed by atoms with van der Waals surface area (Å²) in [5.41, 5.74) is 5.49. The molecule has 0 fully saturated rings. The van der Waals surface area contributed by atoms with Gasteiger partial charge in [-0.05, 0) is 49.2 Å². The van der Waals surface area contributed by atoms with Crippen LogP contribution in [0.3, 0.4) is 0 Å². The fraction of sp³-hybridized carbons (Fsp3) is 0.182. The van der Waals surface area contributed by atoms with Crippen LogP contribution in [-0.2, 0) is 11.3 Å². The Balaban J connectivity index is 1.56. The van der Waals surface area contributed by atoms with Crippen molar-refractivity contribution in [1.29, 1.82) is 0 Å². The van der Waals surface area contributed by atoms with Crippen LogP contribution in [-0.4, -0.2) is 32.6 Å². The Hall–Kier alpha value is -2.90. The molecule has 1 aromatic heterocycles. The van der Waals surface area contributed by atoms with E-state index in [4.69, 9.17) is 11.6 Å². The number of nitrogens with one attached hydrogen (secondary N) is 1. The van der Waals surface area contributed by atoms with Gasteiger partial charge < -0.3 is 4.57 Å². The molecule has 2 aromatic carbocycles. The maximum Gasteiger partial charge on any atom is 0.250 e. The van der Waals surface area contributed by atoms with E-state index in [9.17, 15) is 4.79 Å². The highest BCUT2D eigenvalue weighted by molar-refractivity contribution is 7.99. The molecule has 0 atom stereocenters. The Morgan fingerprint density at radius 2 is 1.90 bits per heavy atom. The number of rotatable bonds is 8. The Kier molecular flexibility index (Phi) is 7.82. The zero-order chi connectivity index (χ0) is 21.3. The molecule has 0 unspecified atom stereocenters. The van der Waals surface area contributed by atoms with E-state index in [1.807, 2.05) is 79.1 Å². The molecule has 0 saturated heterocycles. The molecule has 0 bridgehead atoms. The fourth-order valence-corrected chi connectivity index (χ4v) is 3.63. The average Bonchev–Trinajstić information content (AvgIpc) is 3.16. The number of amides is 1. The Morgan fingerprint density at radius 1 is 1.17 bits per heavy atom. The molecule has 1 heterocycles. The predicted molar refractivity (Wildman–Crippen MR) is 124 cm³/mol. The topological polar surface area (TPSA) is 72.2 Å². The third-order valence-corrected chi connectivity index (χ3v) is 5.34. The highest BCUT2D eigenvalue weighted by Gasteiger charge is 2.14. The summed E-state index contributed by atoms with van der Waals surface area (Å²) in [7, 11) is 0. The molecule has 1 N–H and O–H groups in total. The Labute approximate surface area is 185 Å². The van der Waals surface area contributed by atoms with E-state index in [1.54, 1.807) is 6.21 Å². The molecule has 0 aliphatic heterocycles. The minimum atomic E-state index is -0.206. The normalized spacial score (nSPS) is 11.8. The number of allylic oxidation sites excluding steroid dienone is 1. The third kappa shape index (κ3) is 6.05. The summed E-state index contributed by atoms with van der Waals surface area (Å²) in [6.45, 7) is 4.63. The van der Waals surface area contributed by atoms with E-state index in [1.165, 1.54) is 11.8 Å². The predicted octanol–water partition coefficient (Wildman–Crippen LogP) is 4.92. The van der Waals surface area contributed by atoms with Gasteiger partial charge in [0.15, 0.2) is 11.0 Å². The smallest absolute Gasteiger partial charge is 0.250 e. The maximum absolute atomic E-state index is 12.1. The van der Waals surface area contributed by atoms with Gasteiger partial charge >= 0.3 is 0 Å². The number of hydrogen-bond donors (Lipinski definition) is 1. The van der Waals surface area contributed by atoms with Gasteiger partial charge in [-0.25, -0.2) is 5.43 Å². The zero-order valence-electron chi connectivity index (χ0n) is 16.7. The van der Waals surface area contributed by atoms with Crippen molar-refractivity contribution in [2.75, 3.05) is 5.75 Å². The van der Waals surface area contributed by atoms with Gasteiger partial charge in [0.2, 0.25) is 0 Å². The quantitative estimate of drug-likeness (QED) is 0.307. The lowest BCUT2D eigenvalue weighted by atomic mass is 10.1. The van der Waals surface area contributed by atoms with Crippen LogP contribution >= 0.6 is 23.4 Å². The van der Waals surface area contributed by atoms with Gasteiger partial charge in [0, 0.05) is 17.1 Å². The second-order valence-electron chi connectivity index (χ2n) is 6.44. The Morgan fingerprint density at radius 3 is 2.60 bits per heavy atom. The van der Waals surface area contributed by atoms with Crippen LogP contribution in [0.5, 0.6) is 0 Å². The van der Waals surface area contributed by atoms with Crippen molar-refractivity contribution in [2.24, 2.45) is 5.10 Å². The number of halogens is 1. The number of hydrazone groups is 1. The van der Waals surface area contributed by atoms with Crippen molar-refractivity contribution in [3.05, 3.63) is 70.8 Å². The van der Waals surface area contributed by atoms with E-state index in [2.05, 4.69) is 20.7 Å². The molecule has 154 valence electrons. The van der Waals surface area contributed by atoms with Crippen molar-refractivity contribution in [3.63, 3.8) is 0 Å². The van der Waals surface area contributed by atoms with Crippen molar-refractivity contribution in [1.82, 2.24) is 20.2 Å². The van der Waals surface area contributed by atoms with Crippen LogP contribution in [0.4, 0.5) is 0 Å². The van der Waals surface area contributed by atoms with Crippen LogP contribution in [0.15, 0.2) is 70.4 Å². The molecule has 0 spiro atoms. The van der Waals surface area contributed by atoms with Crippen molar-refractivity contribution in [2.45, 2.75) is 25.5 Å². The van der Waals surface area contributed by atoms with Crippen molar-refractivity contribution < 1.29 is 4.79 Å². The summed E-state index contributed by atoms with van der Waals surface area (Å²) in [5, 5.41) is 13.9. The summed E-state index contributed by atoms with van der Waals surface area (Å²) in [5.74, 6) is 0.733. The molecular weight excluding hydrogens is 418 g/mol. The molecule has 3 aromatic rings. The second kappa shape index (κ2) is 10.8. The lowest BCUT2D eigenvalue weighted by molar-refractivity contribution is -0.118. The van der Waals surface area contributed by atoms with Crippen molar-refractivity contribution in [3.8, 4) is 11.4 Å². The summed E-state index contributed by atoms with van der Waals surface area (Å²) in [4.78, 5) is 12.1. The molecule has 6 nitrogen and oxygen atoms in total. The molecule has 0 radical (unpaired) electrons. The first kappa shape index (κ1) is 21.8. The molecule has 30 heavy (non-hydrogen) atoms. The fourth-order valence-electron chi connectivity index (χ4n) is 2.71. The molecule has 0 aliphatic rings. The third-order valence-electron chi connectivity index (χ3n) is 4.12. The molecule has 8 heteroatoms. The maximum atomic E-state index is 12.1. The monoisotopic (exact) mass is 439 g/mol. The highest BCUT2D eigenvalue weighted by Crippen LogP contribution is 2.25. The van der Waals surface area contributed by atoms with E-state index < -0.39 is 0 Å². The zero-order valence-corrected chi connectivity index (χ0v) is 18.3. The minimum Gasteiger partial charge on any atom is -0.302 e. The molecule has 0 saturated carbocycles. The van der Waals surface area contributed by atoms with Crippen LogP contribution < -0.4 is 5.43 Å². The van der Waals surface area contributed by atoms with Gasteiger partial charge in [-0.3, -0.25) is 4.79 Å². The lowest BCUT2D eigenvalue weighted by Gasteiger charge is -2.07. The number of nitrogens with zero attached hydrogens (tertiary/aromatic N) is 4. The van der Waals surface area contributed by atoms with Gasteiger partial charge in [-0.2, -0.15) is 5.10 Å². The van der Waals surface area contributed by atoms with Gasteiger partial charge in [-0.1, -0.05) is 59.8 Å². The number of aromatic nitrogens is 3. The van der Waals surface area contributed by atoms with Crippen LogP contribution in [0.25, 0.3) is 17.5 Å². The first-order valence-corrected chi connectivity index (χ1v) is 10.8. The van der Waals surface area contributed by atoms with E-state index in [0.29, 0.717) is 16.7 Å². The summed E-state index contributed by atoms with van der Waals surface area (Å²) in [6.07, 6.45) is 3.62. The van der Waals surface area contributed by atoms with Crippen LogP contribution in [0.2, 0.25) is 5.02 Å². The number of carbonyl (C=O) groups excluding carboxylic acids is 1. The standard InChI is InChI=1S/C22H22ClN5OS/c1-3-28-21(18-9-11-19(23)12-10-18)26-27-22(28)30-15-20(29)25-24-14-16(2)13-17-7-5-4-6-8-17/h4-14H,3,15H2,1-2H3,(H,25,29). The van der Waals surface area contributed by atoms with Gasteiger partial charge in [0.25, 0.3) is 5.91 Å². The SMILES string of the molecule is CCn1c(SCC(=O)NN=CC(C)=Cc2ccccc2)nnc1-c1ccc(Cl)cc1. The molecular formula is C22H22ClN5OS. The van der Waals surface area contributed by atoms with Gasteiger partial charge in [0.1, 0.15) is 0 Å². The molecule has 1 amide bonds. The first-order valence-electron chi connectivity index (χ1n) is 9.44.